The van der Waals surface area contributed by atoms with E-state index in [1.807, 2.05) is 24.3 Å². The number of carbonyl (C=O) groups is 1. The molecule has 0 saturated heterocycles. The Bertz CT molecular complexity index is 378. The van der Waals surface area contributed by atoms with Crippen molar-refractivity contribution in [1.82, 2.24) is 4.90 Å². The third-order valence-corrected chi connectivity index (χ3v) is 2.58. The molecule has 0 aliphatic rings. The Kier molecular flexibility index (Phi) is 6.22. The second-order valence-corrected chi connectivity index (χ2v) is 4.41. The first-order valence-electron chi connectivity index (χ1n) is 6.30. The molecule has 0 fully saturated rings. The fourth-order valence-corrected chi connectivity index (χ4v) is 1.72. The molecule has 1 aromatic carbocycles. The Morgan fingerprint density at radius 3 is 2.72 bits per heavy atom. The molecular weight excluding hydrogens is 228 g/mol. The lowest BCUT2D eigenvalue weighted by molar-refractivity contribution is 0.168. The topological polar surface area (TPSA) is 41.6 Å². The molecule has 0 aliphatic heterocycles. The highest BCUT2D eigenvalue weighted by Gasteiger charge is 2.06. The van der Waals surface area contributed by atoms with Gasteiger partial charge in [-0.2, -0.15) is 0 Å². The Morgan fingerprint density at radius 1 is 1.33 bits per heavy atom. The molecule has 0 atom stereocenters. The maximum Gasteiger partial charge on any atom is 0.411 e. The van der Waals surface area contributed by atoms with E-state index in [1.54, 1.807) is 6.92 Å². The van der Waals surface area contributed by atoms with Gasteiger partial charge in [0.15, 0.2) is 0 Å². The van der Waals surface area contributed by atoms with Crippen molar-refractivity contribution in [2.75, 3.05) is 32.6 Å². The Hall–Kier alpha value is -1.55. The van der Waals surface area contributed by atoms with Gasteiger partial charge in [0, 0.05) is 5.69 Å². The van der Waals surface area contributed by atoms with Gasteiger partial charge in [-0.1, -0.05) is 18.2 Å². The van der Waals surface area contributed by atoms with Crippen molar-refractivity contribution in [2.24, 2.45) is 0 Å². The first-order valence-corrected chi connectivity index (χ1v) is 6.30. The molecule has 1 aromatic rings. The number of aryl methyl sites for hydroxylation is 1. The van der Waals surface area contributed by atoms with Crippen LogP contribution in [-0.2, 0) is 11.2 Å². The summed E-state index contributed by atoms with van der Waals surface area (Å²) in [4.78, 5) is 13.6. The van der Waals surface area contributed by atoms with E-state index in [2.05, 4.69) is 24.3 Å². The van der Waals surface area contributed by atoms with E-state index in [0.29, 0.717) is 6.61 Å². The number of nitrogens with one attached hydrogen (secondary N) is 1. The molecule has 0 unspecified atom stereocenters. The van der Waals surface area contributed by atoms with Crippen LogP contribution in [0.1, 0.15) is 18.9 Å². The molecule has 1 rings (SSSR count). The van der Waals surface area contributed by atoms with Gasteiger partial charge in [-0.25, -0.2) is 4.79 Å². The van der Waals surface area contributed by atoms with Crippen molar-refractivity contribution in [3.05, 3.63) is 29.8 Å². The van der Waals surface area contributed by atoms with E-state index in [-0.39, 0.29) is 0 Å². The molecule has 4 heteroatoms. The summed E-state index contributed by atoms with van der Waals surface area (Å²) >= 11 is 0. The Balaban J connectivity index is 2.58. The summed E-state index contributed by atoms with van der Waals surface area (Å²) in [5.74, 6) is 0. The van der Waals surface area contributed by atoms with Crippen molar-refractivity contribution < 1.29 is 9.53 Å². The monoisotopic (exact) mass is 250 g/mol. The molecule has 0 bridgehead atoms. The fraction of sp³-hybridized carbons (Fsp3) is 0.500. The lowest BCUT2D eigenvalue weighted by Gasteiger charge is -2.12. The lowest BCUT2D eigenvalue weighted by Crippen LogP contribution is -2.16. The Morgan fingerprint density at radius 2 is 2.06 bits per heavy atom. The third-order valence-electron chi connectivity index (χ3n) is 2.58. The number of anilines is 1. The van der Waals surface area contributed by atoms with Crippen LogP contribution in [0.15, 0.2) is 24.3 Å². The van der Waals surface area contributed by atoms with Gasteiger partial charge >= 0.3 is 6.09 Å². The lowest BCUT2D eigenvalue weighted by atomic mass is 10.1. The van der Waals surface area contributed by atoms with Crippen molar-refractivity contribution in [1.29, 1.82) is 0 Å². The highest BCUT2D eigenvalue weighted by Crippen LogP contribution is 2.17. The number of benzene rings is 1. The van der Waals surface area contributed by atoms with Gasteiger partial charge in [-0.3, -0.25) is 5.32 Å². The second kappa shape index (κ2) is 7.71. The van der Waals surface area contributed by atoms with Gasteiger partial charge in [-0.15, -0.1) is 0 Å². The van der Waals surface area contributed by atoms with Gasteiger partial charge < -0.3 is 9.64 Å². The molecule has 100 valence electrons. The van der Waals surface area contributed by atoms with Gasteiger partial charge in [0.25, 0.3) is 0 Å². The molecule has 0 saturated carbocycles. The normalized spacial score (nSPS) is 10.4. The largest absolute Gasteiger partial charge is 0.450 e. The van der Waals surface area contributed by atoms with Crippen molar-refractivity contribution >= 4 is 11.8 Å². The number of hydrogen-bond acceptors (Lipinski definition) is 3. The minimum Gasteiger partial charge on any atom is -0.450 e. The highest BCUT2D eigenvalue weighted by atomic mass is 16.5. The number of hydrogen-bond donors (Lipinski definition) is 1. The van der Waals surface area contributed by atoms with E-state index in [9.17, 15) is 4.79 Å². The zero-order valence-electron chi connectivity index (χ0n) is 11.4. The van der Waals surface area contributed by atoms with Crippen LogP contribution >= 0.6 is 0 Å². The predicted octanol–water partition coefficient (Wildman–Crippen LogP) is 2.75. The molecule has 1 amide bonds. The summed E-state index contributed by atoms with van der Waals surface area (Å²) < 4.78 is 4.89. The molecule has 0 aromatic heterocycles. The smallest absolute Gasteiger partial charge is 0.411 e. The summed E-state index contributed by atoms with van der Waals surface area (Å²) in [6, 6.07) is 7.84. The Labute approximate surface area is 109 Å². The fourth-order valence-electron chi connectivity index (χ4n) is 1.72. The summed E-state index contributed by atoms with van der Waals surface area (Å²) in [5, 5.41) is 2.77. The first kappa shape index (κ1) is 14.5. The van der Waals surface area contributed by atoms with E-state index >= 15 is 0 Å². The molecule has 1 N–H and O–H groups in total. The minimum atomic E-state index is -0.391. The standard InChI is InChI=1S/C14H22N2O2/c1-4-18-14(17)15-13-10-6-5-8-12(13)9-7-11-16(2)3/h5-6,8,10H,4,7,9,11H2,1-3H3,(H,15,17). The van der Waals surface area contributed by atoms with E-state index in [1.165, 1.54) is 0 Å². The molecular formula is C14H22N2O2. The van der Waals surface area contributed by atoms with Crippen LogP contribution in [0.3, 0.4) is 0 Å². The maximum atomic E-state index is 11.4. The van der Waals surface area contributed by atoms with Crippen LogP contribution in [0.25, 0.3) is 0 Å². The SMILES string of the molecule is CCOC(=O)Nc1ccccc1CCCN(C)C. The molecule has 0 spiro atoms. The van der Waals surface area contributed by atoms with Gasteiger partial charge in [0.2, 0.25) is 0 Å². The summed E-state index contributed by atoms with van der Waals surface area (Å²) in [5.41, 5.74) is 1.99. The number of para-hydroxylation sites is 1. The van der Waals surface area contributed by atoms with Crippen LogP contribution in [0.2, 0.25) is 0 Å². The molecule has 4 nitrogen and oxygen atoms in total. The highest BCUT2D eigenvalue weighted by molar-refractivity contribution is 5.85. The van der Waals surface area contributed by atoms with Crippen LogP contribution in [0.5, 0.6) is 0 Å². The van der Waals surface area contributed by atoms with Gasteiger partial charge in [-0.05, 0) is 52.0 Å². The average molecular weight is 250 g/mol. The van der Waals surface area contributed by atoms with Gasteiger partial charge in [0.05, 0.1) is 6.61 Å². The summed E-state index contributed by atoms with van der Waals surface area (Å²) in [6.45, 7) is 3.21. The van der Waals surface area contributed by atoms with Crippen LogP contribution < -0.4 is 5.32 Å². The number of carbonyl (C=O) groups excluding carboxylic acids is 1. The van der Waals surface area contributed by atoms with Crippen LogP contribution in [-0.4, -0.2) is 38.2 Å². The number of ether oxygens (including phenoxy) is 1. The van der Waals surface area contributed by atoms with Crippen molar-refractivity contribution in [2.45, 2.75) is 19.8 Å². The second-order valence-electron chi connectivity index (χ2n) is 4.41. The van der Waals surface area contributed by atoms with Crippen LogP contribution in [0, 0.1) is 0 Å². The summed E-state index contributed by atoms with van der Waals surface area (Å²) in [6.07, 6.45) is 1.62. The average Bonchev–Trinajstić information content (AvgIpc) is 2.31. The van der Waals surface area contributed by atoms with E-state index in [0.717, 1.165) is 30.6 Å². The zero-order chi connectivity index (χ0) is 13.4. The van der Waals surface area contributed by atoms with E-state index < -0.39 is 6.09 Å². The predicted molar refractivity (Wildman–Crippen MR) is 74.0 cm³/mol. The van der Waals surface area contributed by atoms with Gasteiger partial charge in [0.1, 0.15) is 0 Å². The molecule has 0 radical (unpaired) electrons. The quantitative estimate of drug-likeness (QED) is 0.844. The minimum absolute atomic E-state index is 0.384. The number of rotatable bonds is 6. The first-order chi connectivity index (χ1) is 8.63. The van der Waals surface area contributed by atoms with E-state index in [4.69, 9.17) is 4.74 Å². The third kappa shape index (κ3) is 5.19. The molecule has 18 heavy (non-hydrogen) atoms. The molecule has 0 heterocycles. The van der Waals surface area contributed by atoms with Crippen molar-refractivity contribution in [3.8, 4) is 0 Å². The maximum absolute atomic E-state index is 11.4. The number of nitrogens with zero attached hydrogens (tertiary/aromatic N) is 1. The molecule has 0 aliphatic carbocycles. The van der Waals surface area contributed by atoms with Crippen molar-refractivity contribution in [3.63, 3.8) is 0 Å². The van der Waals surface area contributed by atoms with Crippen LogP contribution in [0.4, 0.5) is 10.5 Å². The number of amides is 1. The zero-order valence-corrected chi connectivity index (χ0v) is 11.4. The summed E-state index contributed by atoms with van der Waals surface area (Å²) in [7, 11) is 4.12.